The molecule has 0 atom stereocenters. The highest BCUT2D eigenvalue weighted by Gasteiger charge is 1.86. The zero-order valence-electron chi connectivity index (χ0n) is 8.03. The van der Waals surface area contributed by atoms with E-state index in [2.05, 4.69) is 43.8 Å². The molecule has 1 aromatic rings. The van der Waals surface area contributed by atoms with Gasteiger partial charge in [0.25, 0.3) is 0 Å². The molecule has 2 nitrogen and oxygen atoms in total. The van der Waals surface area contributed by atoms with Gasteiger partial charge in [0.2, 0.25) is 0 Å². The lowest BCUT2D eigenvalue weighted by Crippen LogP contribution is -2.11. The summed E-state index contributed by atoms with van der Waals surface area (Å²) < 4.78 is 0. The Kier molecular flexibility index (Phi) is 7.79. The Bertz CT molecular complexity index is 224. The minimum atomic E-state index is 0.597. The molecule has 0 aromatic heterocycles. The van der Waals surface area contributed by atoms with Gasteiger partial charge >= 0.3 is 0 Å². The van der Waals surface area contributed by atoms with Gasteiger partial charge in [-0.05, 0) is 12.5 Å². The Morgan fingerprint density at radius 2 is 1.85 bits per heavy atom. The molecule has 3 heteroatoms. The summed E-state index contributed by atoms with van der Waals surface area (Å²) in [6.45, 7) is 3.28. The monoisotopic (exact) mass is 198 g/mol. The van der Waals surface area contributed by atoms with Crippen molar-refractivity contribution in [3.05, 3.63) is 35.4 Å². The average molecular weight is 198 g/mol. The van der Waals surface area contributed by atoms with Crippen LogP contribution in [0.15, 0.2) is 24.3 Å². The first-order valence-electron chi connectivity index (χ1n) is 4.31. The summed E-state index contributed by atoms with van der Waals surface area (Å²) in [4.78, 5) is 0. The third-order valence-electron chi connectivity index (χ3n) is 1.43. The fourth-order valence-corrected chi connectivity index (χ4v) is 1.01. The molecule has 0 saturated heterocycles. The third-order valence-corrected chi connectivity index (χ3v) is 1.80. The Labute approximate surface area is 85.7 Å². The summed E-state index contributed by atoms with van der Waals surface area (Å²) >= 11 is 4.16. The van der Waals surface area contributed by atoms with Gasteiger partial charge < -0.3 is 11.5 Å². The number of benzene rings is 1. The van der Waals surface area contributed by atoms with Crippen LogP contribution in [-0.2, 0) is 5.75 Å². The summed E-state index contributed by atoms with van der Waals surface area (Å²) in [5.41, 5.74) is 12.4. The van der Waals surface area contributed by atoms with Crippen LogP contribution in [0.5, 0.6) is 0 Å². The van der Waals surface area contributed by atoms with Gasteiger partial charge in [0.1, 0.15) is 0 Å². The van der Waals surface area contributed by atoms with Gasteiger partial charge in [0.05, 0.1) is 0 Å². The summed E-state index contributed by atoms with van der Waals surface area (Å²) in [7, 11) is 0. The van der Waals surface area contributed by atoms with Crippen LogP contribution < -0.4 is 11.5 Å². The number of thiol groups is 1. The summed E-state index contributed by atoms with van der Waals surface area (Å²) in [6.07, 6.45) is 0. The van der Waals surface area contributed by atoms with Crippen molar-refractivity contribution in [2.75, 3.05) is 13.1 Å². The van der Waals surface area contributed by atoms with E-state index in [1.807, 2.05) is 0 Å². The number of rotatable bonds is 2. The number of aryl methyl sites for hydroxylation is 1. The van der Waals surface area contributed by atoms with Crippen molar-refractivity contribution in [2.24, 2.45) is 11.5 Å². The lowest BCUT2D eigenvalue weighted by atomic mass is 10.2. The molecule has 0 spiro atoms. The first-order valence-corrected chi connectivity index (χ1v) is 4.94. The van der Waals surface area contributed by atoms with E-state index in [0.717, 1.165) is 5.75 Å². The van der Waals surface area contributed by atoms with Gasteiger partial charge in [-0.15, -0.1) is 0 Å². The first-order chi connectivity index (χ1) is 6.24. The van der Waals surface area contributed by atoms with Gasteiger partial charge in [-0.3, -0.25) is 0 Å². The molecule has 0 unspecified atom stereocenters. The molecule has 0 amide bonds. The summed E-state index contributed by atoms with van der Waals surface area (Å²) in [6, 6.07) is 8.38. The quantitative estimate of drug-likeness (QED) is 0.628. The van der Waals surface area contributed by atoms with Crippen molar-refractivity contribution in [3.8, 4) is 0 Å². The molecule has 4 N–H and O–H groups in total. The molecule has 0 saturated carbocycles. The zero-order chi connectivity index (χ0) is 10.1. The van der Waals surface area contributed by atoms with Crippen LogP contribution in [0.4, 0.5) is 0 Å². The van der Waals surface area contributed by atoms with E-state index >= 15 is 0 Å². The molecule has 0 fully saturated rings. The van der Waals surface area contributed by atoms with Crippen LogP contribution in [-0.4, -0.2) is 13.1 Å². The maximum atomic E-state index is 4.90. The van der Waals surface area contributed by atoms with E-state index in [-0.39, 0.29) is 0 Å². The van der Waals surface area contributed by atoms with E-state index in [1.54, 1.807) is 0 Å². The second kappa shape index (κ2) is 8.10. The first kappa shape index (κ1) is 12.5. The molecule has 1 aromatic carbocycles. The Morgan fingerprint density at radius 1 is 1.23 bits per heavy atom. The van der Waals surface area contributed by atoms with Crippen molar-refractivity contribution in [2.45, 2.75) is 12.7 Å². The topological polar surface area (TPSA) is 52.0 Å². The highest BCUT2D eigenvalue weighted by Crippen LogP contribution is 2.05. The predicted octanol–water partition coefficient (Wildman–Crippen LogP) is 1.33. The van der Waals surface area contributed by atoms with Crippen LogP contribution in [0, 0.1) is 6.92 Å². The maximum Gasteiger partial charge on any atom is 0.0154 e. The van der Waals surface area contributed by atoms with Crippen molar-refractivity contribution in [1.82, 2.24) is 0 Å². The summed E-state index contributed by atoms with van der Waals surface area (Å²) in [5.74, 6) is 0.835. The van der Waals surface area contributed by atoms with Gasteiger partial charge in [-0.1, -0.05) is 29.8 Å². The van der Waals surface area contributed by atoms with Crippen LogP contribution in [0.2, 0.25) is 0 Å². The highest BCUT2D eigenvalue weighted by molar-refractivity contribution is 7.79. The number of nitrogens with two attached hydrogens (primary N) is 2. The zero-order valence-corrected chi connectivity index (χ0v) is 8.93. The number of hydrogen-bond acceptors (Lipinski definition) is 3. The fraction of sp³-hybridized carbons (Fsp3) is 0.400. The number of hydrogen-bond donors (Lipinski definition) is 3. The van der Waals surface area contributed by atoms with Gasteiger partial charge in [0, 0.05) is 18.8 Å². The molecule has 0 radical (unpaired) electrons. The maximum absolute atomic E-state index is 4.90. The minimum Gasteiger partial charge on any atom is -0.329 e. The molecule has 0 aliphatic heterocycles. The third kappa shape index (κ3) is 6.63. The standard InChI is InChI=1S/C8H10S.C2H8N2/c1-7-3-2-4-8(5-7)6-9;3-1-2-4/h2-5,9H,6H2,1H3;1-4H2. The van der Waals surface area contributed by atoms with E-state index < -0.39 is 0 Å². The van der Waals surface area contributed by atoms with Gasteiger partial charge in [-0.25, -0.2) is 0 Å². The van der Waals surface area contributed by atoms with E-state index in [0.29, 0.717) is 13.1 Å². The Hall–Kier alpha value is -0.510. The average Bonchev–Trinajstić information content (AvgIpc) is 2.18. The highest BCUT2D eigenvalue weighted by atomic mass is 32.1. The molecular formula is C10H18N2S. The van der Waals surface area contributed by atoms with E-state index in [1.165, 1.54) is 11.1 Å². The lowest BCUT2D eigenvalue weighted by Gasteiger charge is -1.94. The minimum absolute atomic E-state index is 0.597. The molecule has 0 aliphatic rings. The van der Waals surface area contributed by atoms with Crippen molar-refractivity contribution in [1.29, 1.82) is 0 Å². The molecule has 0 heterocycles. The molecule has 0 bridgehead atoms. The van der Waals surface area contributed by atoms with Crippen molar-refractivity contribution >= 4 is 12.6 Å². The molecule has 74 valence electrons. The van der Waals surface area contributed by atoms with Crippen LogP contribution >= 0.6 is 12.6 Å². The fourth-order valence-electron chi connectivity index (χ4n) is 0.810. The van der Waals surface area contributed by atoms with Crippen LogP contribution in [0.3, 0.4) is 0 Å². The Balaban J connectivity index is 0.000000310. The molecule has 13 heavy (non-hydrogen) atoms. The normalized spacial score (nSPS) is 8.92. The Morgan fingerprint density at radius 3 is 2.15 bits per heavy atom. The van der Waals surface area contributed by atoms with E-state index in [9.17, 15) is 0 Å². The predicted molar refractivity (Wildman–Crippen MR) is 62.0 cm³/mol. The van der Waals surface area contributed by atoms with Gasteiger partial charge in [0.15, 0.2) is 0 Å². The second-order valence-corrected chi connectivity index (χ2v) is 3.04. The van der Waals surface area contributed by atoms with Crippen LogP contribution in [0.25, 0.3) is 0 Å². The lowest BCUT2D eigenvalue weighted by molar-refractivity contribution is 0.976. The molecule has 1 rings (SSSR count). The SMILES string of the molecule is Cc1cccc(CS)c1.NCCN. The molecular weight excluding hydrogens is 180 g/mol. The second-order valence-electron chi connectivity index (χ2n) is 2.72. The molecule has 0 aliphatic carbocycles. The van der Waals surface area contributed by atoms with Crippen molar-refractivity contribution < 1.29 is 0 Å². The largest absolute Gasteiger partial charge is 0.329 e. The summed E-state index contributed by atoms with van der Waals surface area (Å²) in [5, 5.41) is 0. The van der Waals surface area contributed by atoms with Crippen molar-refractivity contribution in [3.63, 3.8) is 0 Å². The smallest absolute Gasteiger partial charge is 0.0154 e. The van der Waals surface area contributed by atoms with Crippen LogP contribution in [0.1, 0.15) is 11.1 Å². The van der Waals surface area contributed by atoms with E-state index in [4.69, 9.17) is 11.5 Å². The van der Waals surface area contributed by atoms with Gasteiger partial charge in [-0.2, -0.15) is 12.6 Å².